The van der Waals surface area contributed by atoms with Crippen molar-refractivity contribution in [3.05, 3.63) is 0 Å². The van der Waals surface area contributed by atoms with E-state index >= 15 is 0 Å². The van der Waals surface area contributed by atoms with Crippen molar-refractivity contribution in [2.45, 2.75) is 96.8 Å². The van der Waals surface area contributed by atoms with Crippen LogP contribution >= 0.6 is 36.3 Å². The Balaban J connectivity index is 2.91. The Morgan fingerprint density at radius 1 is 0.526 bits per heavy atom. The summed E-state index contributed by atoms with van der Waals surface area (Å²) in [6.45, 7) is 2.29. The van der Waals surface area contributed by atoms with Crippen LogP contribution in [0.3, 0.4) is 0 Å². The Labute approximate surface area is 139 Å². The van der Waals surface area contributed by atoms with Crippen LogP contribution in [0.4, 0.5) is 0 Å². The molecule has 0 saturated heterocycles. The van der Waals surface area contributed by atoms with Gasteiger partial charge in [-0.15, -0.1) is 0 Å². The van der Waals surface area contributed by atoms with Crippen molar-refractivity contribution in [3.8, 4) is 0 Å². The quantitative estimate of drug-likeness (QED) is 0.185. The minimum Gasteiger partial charge on any atom is -0.0654 e. The second-order valence-electron chi connectivity index (χ2n) is 5.62. The normalized spacial score (nSPS) is 11.4. The maximum absolute atomic E-state index is 3.59. The Bertz CT molecular complexity index is 163. The van der Waals surface area contributed by atoms with E-state index in [9.17, 15) is 0 Å². The smallest absolute Gasteiger partial charge is 0.0346 e. The van der Waals surface area contributed by atoms with Gasteiger partial charge in [0, 0.05) is 5.33 Å². The molecule has 0 fully saturated rings. The van der Waals surface area contributed by atoms with Crippen LogP contribution < -0.4 is 0 Å². The van der Waals surface area contributed by atoms with Crippen molar-refractivity contribution in [3.63, 3.8) is 0 Å². The molecule has 0 amide bonds. The van der Waals surface area contributed by atoms with Gasteiger partial charge >= 0.3 is 0 Å². The SMILES string of the molecule is CCCCCCCCCCCCCCCCP(Br)Br. The van der Waals surface area contributed by atoms with Crippen LogP contribution in [0.1, 0.15) is 96.8 Å². The zero-order valence-corrected chi connectivity index (χ0v) is 16.9. The van der Waals surface area contributed by atoms with Crippen LogP contribution in [0.5, 0.6) is 0 Å². The molecule has 0 bridgehead atoms. The van der Waals surface area contributed by atoms with Gasteiger partial charge in [-0.2, -0.15) is 0 Å². The van der Waals surface area contributed by atoms with E-state index in [2.05, 4.69) is 37.9 Å². The van der Waals surface area contributed by atoms with Gasteiger partial charge < -0.3 is 0 Å². The van der Waals surface area contributed by atoms with Gasteiger partial charge in [-0.05, 0) is 43.6 Å². The van der Waals surface area contributed by atoms with E-state index in [-0.39, 0.29) is 5.33 Å². The molecule has 3 heteroatoms. The summed E-state index contributed by atoms with van der Waals surface area (Å²) in [4.78, 5) is 0. The molecule has 0 aromatic heterocycles. The van der Waals surface area contributed by atoms with E-state index in [0.717, 1.165) is 0 Å². The van der Waals surface area contributed by atoms with Crippen LogP contribution in [0, 0.1) is 0 Å². The summed E-state index contributed by atoms with van der Waals surface area (Å²) < 4.78 is 0. The molecule has 0 unspecified atom stereocenters. The largest absolute Gasteiger partial charge is 0.0654 e. The average Bonchev–Trinajstić information content (AvgIpc) is 2.39. The average molecular weight is 416 g/mol. The molecule has 0 radical (unpaired) electrons. The number of unbranched alkanes of at least 4 members (excludes halogenated alkanes) is 13. The molecule has 0 heterocycles. The molecule has 0 saturated carbocycles. The summed E-state index contributed by atoms with van der Waals surface area (Å²) >= 11 is 7.19. The molecule has 116 valence electrons. The maximum Gasteiger partial charge on any atom is 0.0346 e. The molecule has 0 aliphatic carbocycles. The molecular weight excluding hydrogens is 383 g/mol. The van der Waals surface area contributed by atoms with E-state index < -0.39 is 0 Å². The van der Waals surface area contributed by atoms with Crippen LogP contribution in [0.25, 0.3) is 0 Å². The van der Waals surface area contributed by atoms with Gasteiger partial charge in [0.1, 0.15) is 0 Å². The topological polar surface area (TPSA) is 0 Å². The molecule has 19 heavy (non-hydrogen) atoms. The van der Waals surface area contributed by atoms with Crippen LogP contribution in [-0.2, 0) is 0 Å². The first-order valence-electron chi connectivity index (χ1n) is 8.36. The summed E-state index contributed by atoms with van der Waals surface area (Å²) in [7, 11) is 0. The predicted octanol–water partition coefficient (Wildman–Crippen LogP) is 8.57. The van der Waals surface area contributed by atoms with Crippen molar-refractivity contribution in [2.24, 2.45) is 0 Å². The van der Waals surface area contributed by atoms with Gasteiger partial charge in [-0.1, -0.05) is 90.4 Å². The molecule has 0 spiro atoms. The fourth-order valence-electron chi connectivity index (χ4n) is 2.43. The number of hydrogen-bond donors (Lipinski definition) is 0. The summed E-state index contributed by atoms with van der Waals surface area (Å²) in [6, 6.07) is 0. The van der Waals surface area contributed by atoms with Crippen molar-refractivity contribution >= 4 is 36.3 Å². The maximum atomic E-state index is 3.59. The monoisotopic (exact) mass is 414 g/mol. The summed E-state index contributed by atoms with van der Waals surface area (Å²) in [5, 5.41) is -0.0160. The molecule has 0 atom stereocenters. The number of halogens is 2. The van der Waals surface area contributed by atoms with Crippen molar-refractivity contribution in [2.75, 3.05) is 6.16 Å². The lowest BCUT2D eigenvalue weighted by molar-refractivity contribution is 0.538. The second kappa shape index (κ2) is 17.4. The molecule has 0 aromatic carbocycles. The molecule has 0 aromatic rings. The Morgan fingerprint density at radius 2 is 0.842 bits per heavy atom. The Morgan fingerprint density at radius 3 is 1.16 bits per heavy atom. The molecule has 0 rings (SSSR count). The lowest BCUT2D eigenvalue weighted by atomic mass is 10.0. The minimum atomic E-state index is -0.0160. The minimum absolute atomic E-state index is 0.0160. The summed E-state index contributed by atoms with van der Waals surface area (Å²) in [5.41, 5.74) is 0. The highest BCUT2D eigenvalue weighted by Gasteiger charge is 1.97. The van der Waals surface area contributed by atoms with Gasteiger partial charge in [0.25, 0.3) is 0 Å². The third kappa shape index (κ3) is 19.4. The third-order valence-corrected chi connectivity index (χ3v) is 6.46. The highest BCUT2D eigenvalue weighted by atomic mass is 79.9. The van der Waals surface area contributed by atoms with E-state index in [1.54, 1.807) is 0 Å². The van der Waals surface area contributed by atoms with Crippen molar-refractivity contribution in [1.29, 1.82) is 0 Å². The third-order valence-electron chi connectivity index (χ3n) is 3.68. The van der Waals surface area contributed by atoms with Crippen molar-refractivity contribution < 1.29 is 0 Å². The standard InChI is InChI=1S/C16H33Br2P/c1-2-3-4-5-6-7-8-9-10-11-12-13-14-15-16-19(17)18/h2-16H2,1H3. The first-order chi connectivity index (χ1) is 9.27. The van der Waals surface area contributed by atoms with Gasteiger partial charge in [-0.25, -0.2) is 0 Å². The first-order valence-corrected chi connectivity index (χ1v) is 13.9. The Kier molecular flexibility index (Phi) is 18.7. The lowest BCUT2D eigenvalue weighted by Crippen LogP contribution is -1.83. The fraction of sp³-hybridized carbons (Fsp3) is 1.00. The summed E-state index contributed by atoms with van der Waals surface area (Å²) in [5.74, 6) is 0. The predicted molar refractivity (Wildman–Crippen MR) is 100.0 cm³/mol. The van der Waals surface area contributed by atoms with Gasteiger partial charge in [0.05, 0.1) is 0 Å². The first kappa shape index (κ1) is 20.4. The molecule has 0 N–H and O–H groups in total. The zero-order chi connectivity index (χ0) is 14.2. The van der Waals surface area contributed by atoms with Crippen LogP contribution in [0.15, 0.2) is 0 Å². The van der Waals surface area contributed by atoms with Crippen molar-refractivity contribution in [1.82, 2.24) is 0 Å². The molecule has 0 aliphatic rings. The van der Waals surface area contributed by atoms with Gasteiger partial charge in [0.2, 0.25) is 0 Å². The summed E-state index contributed by atoms with van der Waals surface area (Å²) in [6.07, 6.45) is 21.6. The van der Waals surface area contributed by atoms with Crippen LogP contribution in [-0.4, -0.2) is 6.16 Å². The number of rotatable bonds is 15. The van der Waals surface area contributed by atoms with Crippen LogP contribution in [0.2, 0.25) is 0 Å². The molecule has 0 aliphatic heterocycles. The second-order valence-corrected chi connectivity index (χ2v) is 14.7. The fourth-order valence-corrected chi connectivity index (χ4v) is 4.39. The van der Waals surface area contributed by atoms with E-state index in [1.165, 1.54) is 96.1 Å². The highest BCUT2D eigenvalue weighted by Crippen LogP contribution is 2.52. The molecular formula is C16H33Br2P. The van der Waals surface area contributed by atoms with Gasteiger partial charge in [-0.3, -0.25) is 0 Å². The van der Waals surface area contributed by atoms with Gasteiger partial charge in [0.15, 0.2) is 0 Å². The number of hydrogen-bond acceptors (Lipinski definition) is 0. The zero-order valence-electron chi connectivity index (χ0n) is 12.8. The lowest BCUT2D eigenvalue weighted by Gasteiger charge is -2.03. The Hall–Kier alpha value is 1.39. The van der Waals surface area contributed by atoms with E-state index in [0.29, 0.717) is 0 Å². The molecule has 0 nitrogen and oxygen atoms in total. The van der Waals surface area contributed by atoms with E-state index in [4.69, 9.17) is 0 Å². The van der Waals surface area contributed by atoms with E-state index in [1.807, 2.05) is 0 Å². The highest BCUT2D eigenvalue weighted by molar-refractivity contribution is 9.69.